The highest BCUT2D eigenvalue weighted by molar-refractivity contribution is 9.10. The molecule has 6 nitrogen and oxygen atoms in total. The van der Waals surface area contributed by atoms with Gasteiger partial charge in [0, 0.05) is 15.4 Å². The molecule has 1 N–H and O–H groups in total. The molecule has 8 heteroatoms. The normalized spacial score (nSPS) is 25.2. The minimum Gasteiger partial charge on any atom is -0.302 e. The predicted octanol–water partition coefficient (Wildman–Crippen LogP) is 5.45. The number of thiazole rings is 1. The van der Waals surface area contributed by atoms with Crippen LogP contribution < -0.4 is 5.32 Å². The third kappa shape index (κ3) is 3.94. The number of likely N-dealkylation sites (tertiary alicyclic amines) is 1. The summed E-state index contributed by atoms with van der Waals surface area (Å²) in [6, 6.07) is 16.5. The second-order valence-corrected chi connectivity index (χ2v) is 11.0. The highest BCUT2D eigenvalue weighted by Gasteiger charge is 2.60. The van der Waals surface area contributed by atoms with Crippen LogP contribution in [-0.4, -0.2) is 27.6 Å². The van der Waals surface area contributed by atoms with Gasteiger partial charge in [0.15, 0.2) is 5.13 Å². The zero-order valence-electron chi connectivity index (χ0n) is 18.6. The number of aromatic nitrogens is 1. The van der Waals surface area contributed by atoms with E-state index in [1.54, 1.807) is 0 Å². The van der Waals surface area contributed by atoms with Crippen molar-refractivity contribution in [2.45, 2.75) is 18.9 Å². The Morgan fingerprint density at radius 1 is 1.03 bits per heavy atom. The number of halogens is 1. The summed E-state index contributed by atoms with van der Waals surface area (Å²) in [5, 5.41) is 5.26. The van der Waals surface area contributed by atoms with E-state index in [0.717, 1.165) is 27.7 Å². The van der Waals surface area contributed by atoms with Crippen molar-refractivity contribution in [1.82, 2.24) is 9.88 Å². The molecule has 1 saturated heterocycles. The van der Waals surface area contributed by atoms with Crippen LogP contribution in [0.25, 0.3) is 11.3 Å². The lowest BCUT2D eigenvalue weighted by Gasteiger charge is -2.28. The van der Waals surface area contributed by atoms with Gasteiger partial charge in [-0.15, -0.1) is 11.3 Å². The Hall–Kier alpha value is -3.10. The predicted molar refractivity (Wildman–Crippen MR) is 137 cm³/mol. The third-order valence-electron chi connectivity index (χ3n) is 7.27. The molecule has 0 spiro atoms. The maximum absolute atomic E-state index is 13.5. The monoisotopic (exact) mass is 547 g/mol. The SMILES string of the molecule is O=C(CC(c1ccc(Br)cc1)N1C(=O)C2C3C=CC(C3)C2C1=O)Nc1nc(-c2ccccc2)cs1. The van der Waals surface area contributed by atoms with Crippen LogP contribution in [0.2, 0.25) is 0 Å². The Morgan fingerprint density at radius 2 is 1.69 bits per heavy atom. The van der Waals surface area contributed by atoms with Gasteiger partial charge in [-0.25, -0.2) is 4.98 Å². The van der Waals surface area contributed by atoms with Crippen LogP contribution >= 0.6 is 27.3 Å². The van der Waals surface area contributed by atoms with E-state index in [1.165, 1.54) is 16.2 Å². The summed E-state index contributed by atoms with van der Waals surface area (Å²) in [6.07, 6.45) is 5.00. The van der Waals surface area contributed by atoms with Crippen LogP contribution in [0.4, 0.5) is 5.13 Å². The number of hydrogen-bond donors (Lipinski definition) is 1. The van der Waals surface area contributed by atoms with Crippen molar-refractivity contribution in [2.24, 2.45) is 23.7 Å². The molecular formula is C27H22BrN3O3S. The molecule has 1 saturated carbocycles. The maximum atomic E-state index is 13.5. The van der Waals surface area contributed by atoms with Crippen molar-refractivity contribution in [1.29, 1.82) is 0 Å². The van der Waals surface area contributed by atoms with Crippen LogP contribution in [0.3, 0.4) is 0 Å². The number of imide groups is 1. The molecule has 5 unspecified atom stereocenters. The number of nitrogens with one attached hydrogen (secondary N) is 1. The molecule has 3 amide bonds. The van der Waals surface area contributed by atoms with Crippen molar-refractivity contribution < 1.29 is 14.4 Å². The molecule has 3 aromatic rings. The Labute approximate surface area is 215 Å². The molecule has 5 atom stereocenters. The number of rotatable bonds is 6. The lowest BCUT2D eigenvalue weighted by molar-refractivity contribution is -0.144. The number of nitrogens with zero attached hydrogens (tertiary/aromatic N) is 2. The Balaban J connectivity index is 1.25. The van der Waals surface area contributed by atoms with Crippen LogP contribution in [0, 0.1) is 23.7 Å². The Morgan fingerprint density at radius 3 is 2.34 bits per heavy atom. The van der Waals surface area contributed by atoms with E-state index in [2.05, 4.69) is 38.4 Å². The van der Waals surface area contributed by atoms with Crippen molar-refractivity contribution in [2.75, 3.05) is 5.32 Å². The van der Waals surface area contributed by atoms with Gasteiger partial charge < -0.3 is 5.32 Å². The molecule has 2 aliphatic carbocycles. The zero-order chi connectivity index (χ0) is 24.1. The maximum Gasteiger partial charge on any atom is 0.234 e. The van der Waals surface area contributed by atoms with E-state index in [1.807, 2.05) is 60.0 Å². The number of carbonyl (C=O) groups is 3. The minimum atomic E-state index is -0.665. The largest absolute Gasteiger partial charge is 0.302 e. The van der Waals surface area contributed by atoms with E-state index >= 15 is 0 Å². The van der Waals surface area contributed by atoms with Crippen molar-refractivity contribution in [3.05, 3.63) is 82.2 Å². The number of anilines is 1. The number of hydrogen-bond acceptors (Lipinski definition) is 5. The lowest BCUT2D eigenvalue weighted by Crippen LogP contribution is -2.38. The summed E-state index contributed by atoms with van der Waals surface area (Å²) in [5.41, 5.74) is 2.52. The zero-order valence-corrected chi connectivity index (χ0v) is 21.0. The average Bonchev–Trinajstić information content (AvgIpc) is 3.64. The van der Waals surface area contributed by atoms with Gasteiger partial charge in [0.2, 0.25) is 17.7 Å². The second-order valence-electron chi connectivity index (χ2n) is 9.27. The smallest absolute Gasteiger partial charge is 0.234 e. The fraction of sp³-hybridized carbons (Fsp3) is 0.259. The fourth-order valence-corrected chi connectivity index (χ4v) is 6.69. The fourth-order valence-electron chi connectivity index (χ4n) is 5.69. The quantitative estimate of drug-likeness (QED) is 0.328. The first-order valence-electron chi connectivity index (χ1n) is 11.6. The molecule has 3 aliphatic rings. The molecule has 35 heavy (non-hydrogen) atoms. The molecule has 2 aromatic carbocycles. The van der Waals surface area contributed by atoms with E-state index < -0.39 is 6.04 Å². The molecule has 6 rings (SSSR count). The molecular weight excluding hydrogens is 526 g/mol. The summed E-state index contributed by atoms with van der Waals surface area (Å²) in [6.45, 7) is 0. The average molecular weight is 548 g/mol. The molecule has 2 bridgehead atoms. The molecule has 0 radical (unpaired) electrons. The number of amides is 3. The standard InChI is InChI=1S/C27H22BrN3O3S/c28-19-10-8-16(9-11-19)21(31-25(33)23-17-6-7-18(12-17)24(23)26(31)34)13-22(32)30-27-29-20(14-35-27)15-4-2-1-3-5-15/h1-11,14,17-18,21,23-24H,12-13H2,(H,29,30,32). The van der Waals surface area contributed by atoms with E-state index in [-0.39, 0.29) is 47.8 Å². The summed E-state index contributed by atoms with van der Waals surface area (Å²) in [7, 11) is 0. The van der Waals surface area contributed by atoms with Gasteiger partial charge >= 0.3 is 0 Å². The van der Waals surface area contributed by atoms with Crippen molar-refractivity contribution in [3.63, 3.8) is 0 Å². The van der Waals surface area contributed by atoms with Crippen molar-refractivity contribution in [3.8, 4) is 11.3 Å². The first kappa shape index (κ1) is 22.4. The second kappa shape index (κ2) is 8.84. The van der Waals surface area contributed by atoms with Crippen molar-refractivity contribution >= 4 is 50.1 Å². The highest BCUT2D eigenvalue weighted by atomic mass is 79.9. The van der Waals surface area contributed by atoms with E-state index in [0.29, 0.717) is 5.13 Å². The van der Waals surface area contributed by atoms with Crippen LogP contribution in [0.5, 0.6) is 0 Å². The molecule has 2 heterocycles. The summed E-state index contributed by atoms with van der Waals surface area (Å²) in [4.78, 5) is 46.0. The summed E-state index contributed by atoms with van der Waals surface area (Å²) in [5.74, 6) is -0.950. The molecule has 1 aliphatic heterocycles. The van der Waals surface area contributed by atoms with Gasteiger partial charge in [0.05, 0.1) is 30.0 Å². The number of allylic oxidation sites excluding steroid dienone is 2. The van der Waals surface area contributed by atoms with Gasteiger partial charge in [-0.05, 0) is 36.0 Å². The first-order chi connectivity index (χ1) is 17.0. The summed E-state index contributed by atoms with van der Waals surface area (Å²) < 4.78 is 0.888. The molecule has 1 aromatic heterocycles. The van der Waals surface area contributed by atoms with Gasteiger partial charge in [-0.1, -0.05) is 70.5 Å². The van der Waals surface area contributed by atoms with Crippen LogP contribution in [0.1, 0.15) is 24.4 Å². The minimum absolute atomic E-state index is 0.0262. The Kier molecular flexibility index (Phi) is 5.65. The number of carbonyl (C=O) groups excluding carboxylic acids is 3. The highest BCUT2D eigenvalue weighted by Crippen LogP contribution is 2.54. The number of fused-ring (bicyclic) bond motifs is 5. The number of benzene rings is 2. The van der Waals surface area contributed by atoms with E-state index in [4.69, 9.17) is 0 Å². The van der Waals surface area contributed by atoms with Crippen LogP contribution in [-0.2, 0) is 14.4 Å². The summed E-state index contributed by atoms with van der Waals surface area (Å²) >= 11 is 4.79. The van der Waals surface area contributed by atoms with Crippen LogP contribution in [0.15, 0.2) is 76.6 Å². The third-order valence-corrected chi connectivity index (χ3v) is 8.56. The van der Waals surface area contributed by atoms with Gasteiger partial charge in [0.25, 0.3) is 0 Å². The van der Waals surface area contributed by atoms with Gasteiger partial charge in [-0.2, -0.15) is 0 Å². The van der Waals surface area contributed by atoms with E-state index in [9.17, 15) is 14.4 Å². The van der Waals surface area contributed by atoms with Gasteiger partial charge in [-0.3, -0.25) is 19.3 Å². The topological polar surface area (TPSA) is 79.4 Å². The Bertz CT molecular complexity index is 1310. The van der Waals surface area contributed by atoms with Gasteiger partial charge in [0.1, 0.15) is 0 Å². The molecule has 2 fully saturated rings. The first-order valence-corrected chi connectivity index (χ1v) is 13.3. The lowest BCUT2D eigenvalue weighted by atomic mass is 9.85. The molecule has 176 valence electrons.